The van der Waals surface area contributed by atoms with Gasteiger partial charge in [0.05, 0.1) is 5.69 Å². The summed E-state index contributed by atoms with van der Waals surface area (Å²) < 4.78 is 6.43. The van der Waals surface area contributed by atoms with Crippen LogP contribution in [-0.2, 0) is 0 Å². The molecule has 1 aromatic heterocycles. The van der Waals surface area contributed by atoms with Crippen molar-refractivity contribution in [3.05, 3.63) is 42.0 Å². The zero-order chi connectivity index (χ0) is 16.8. The molecular weight excluding hydrogens is 306 g/mol. The minimum atomic E-state index is 0.372. The highest BCUT2D eigenvalue weighted by Gasteiger charge is 2.62. The molecule has 2 nitrogen and oxygen atoms in total. The lowest BCUT2D eigenvalue weighted by molar-refractivity contribution is -0.0446. The van der Waals surface area contributed by atoms with Gasteiger partial charge in [-0.05, 0) is 69.4 Å². The number of benzene rings is 2. The molecule has 0 radical (unpaired) electrons. The van der Waals surface area contributed by atoms with Crippen LogP contribution >= 0.6 is 0 Å². The van der Waals surface area contributed by atoms with Gasteiger partial charge in [0.2, 0.25) is 0 Å². The van der Waals surface area contributed by atoms with E-state index in [1.807, 2.05) is 0 Å². The van der Waals surface area contributed by atoms with Crippen molar-refractivity contribution in [2.24, 2.45) is 5.41 Å². The molecule has 0 N–H and O–H groups in total. The first-order chi connectivity index (χ1) is 12.1. The zero-order valence-corrected chi connectivity index (χ0v) is 15.1. The standard InChI is InChI=1S/C23H25NO/c1-15-7-8-18-17-5-3-4-6-19(17)25-21(18)20(15)24-16(2)22-9-12-23(24,13-10-22)14-11-22/h3-8,16H,9-14H2,1-2H3. The Hall–Kier alpha value is -1.96. The Kier molecular flexibility index (Phi) is 2.51. The average molecular weight is 331 g/mol. The van der Waals surface area contributed by atoms with Crippen LogP contribution in [0, 0.1) is 12.3 Å². The fraction of sp³-hybridized carbons (Fsp3) is 0.478. The number of anilines is 1. The van der Waals surface area contributed by atoms with Gasteiger partial charge >= 0.3 is 0 Å². The van der Waals surface area contributed by atoms with E-state index < -0.39 is 0 Å². The maximum Gasteiger partial charge on any atom is 0.158 e. The van der Waals surface area contributed by atoms with E-state index in [0.717, 1.165) is 11.2 Å². The van der Waals surface area contributed by atoms with E-state index in [9.17, 15) is 0 Å². The summed E-state index contributed by atoms with van der Waals surface area (Å²) in [5.41, 5.74) is 5.78. The van der Waals surface area contributed by atoms with Crippen LogP contribution in [-0.4, -0.2) is 11.6 Å². The molecule has 4 heterocycles. The van der Waals surface area contributed by atoms with Crippen LogP contribution in [0.25, 0.3) is 21.9 Å². The van der Waals surface area contributed by atoms with Gasteiger partial charge in [-0.2, -0.15) is 0 Å². The van der Waals surface area contributed by atoms with Crippen LogP contribution in [0.1, 0.15) is 51.0 Å². The van der Waals surface area contributed by atoms with E-state index in [-0.39, 0.29) is 0 Å². The molecular formula is C23H25NO. The molecule has 3 aliphatic carbocycles. The number of piperidine rings is 3. The summed E-state index contributed by atoms with van der Waals surface area (Å²) in [7, 11) is 0. The van der Waals surface area contributed by atoms with Crippen molar-refractivity contribution in [1.82, 2.24) is 0 Å². The van der Waals surface area contributed by atoms with E-state index in [1.54, 1.807) is 0 Å². The molecule has 3 aliphatic heterocycles. The Balaban J connectivity index is 1.66. The predicted molar refractivity (Wildman–Crippen MR) is 103 cm³/mol. The zero-order valence-electron chi connectivity index (χ0n) is 15.1. The minimum Gasteiger partial charge on any atom is -0.454 e. The second-order valence-electron chi connectivity index (χ2n) is 8.84. The Morgan fingerprint density at radius 2 is 1.64 bits per heavy atom. The number of nitrogens with zero attached hydrogens (tertiary/aromatic N) is 1. The highest BCUT2D eigenvalue weighted by Crippen LogP contribution is 2.65. The lowest BCUT2D eigenvalue weighted by Gasteiger charge is -2.70. The second kappa shape index (κ2) is 4.41. The lowest BCUT2D eigenvalue weighted by Crippen LogP contribution is -2.71. The molecule has 2 heteroatoms. The molecule has 9 rings (SSSR count). The fourth-order valence-electron chi connectivity index (χ4n) is 6.47. The summed E-state index contributed by atoms with van der Waals surface area (Å²) in [6, 6.07) is 13.7. The summed E-state index contributed by atoms with van der Waals surface area (Å²) >= 11 is 0. The van der Waals surface area contributed by atoms with Crippen LogP contribution in [0.2, 0.25) is 0 Å². The Labute approximate surface area is 148 Å². The van der Waals surface area contributed by atoms with Crippen molar-refractivity contribution in [2.45, 2.75) is 64.0 Å². The molecule has 6 aliphatic rings. The number of para-hydroxylation sites is 1. The van der Waals surface area contributed by atoms with Crippen LogP contribution in [0.5, 0.6) is 0 Å². The number of hydrogen-bond donors (Lipinski definition) is 0. The summed E-state index contributed by atoms with van der Waals surface area (Å²) in [4.78, 5) is 2.81. The van der Waals surface area contributed by atoms with Crippen molar-refractivity contribution in [1.29, 1.82) is 0 Å². The van der Waals surface area contributed by atoms with E-state index in [2.05, 4.69) is 55.1 Å². The maximum absolute atomic E-state index is 6.43. The Bertz CT molecular complexity index is 989. The third-order valence-electron chi connectivity index (χ3n) is 8.01. The fourth-order valence-corrected chi connectivity index (χ4v) is 6.47. The van der Waals surface area contributed by atoms with Crippen molar-refractivity contribution in [2.75, 3.05) is 4.90 Å². The minimum absolute atomic E-state index is 0.372. The van der Waals surface area contributed by atoms with Gasteiger partial charge in [-0.1, -0.05) is 30.3 Å². The normalized spacial score (nSPS) is 33.7. The Morgan fingerprint density at radius 3 is 2.36 bits per heavy atom. The molecule has 25 heavy (non-hydrogen) atoms. The van der Waals surface area contributed by atoms with E-state index in [1.165, 1.54) is 60.5 Å². The molecule has 6 fully saturated rings. The molecule has 2 aromatic carbocycles. The van der Waals surface area contributed by atoms with Crippen molar-refractivity contribution in [3.63, 3.8) is 0 Å². The molecule has 128 valence electrons. The van der Waals surface area contributed by atoms with Gasteiger partial charge in [0.25, 0.3) is 0 Å². The highest BCUT2D eigenvalue weighted by atomic mass is 16.3. The first-order valence-corrected chi connectivity index (χ1v) is 9.84. The summed E-state index contributed by atoms with van der Waals surface area (Å²) in [6.45, 7) is 4.74. The molecule has 1 atom stereocenters. The molecule has 0 spiro atoms. The summed E-state index contributed by atoms with van der Waals surface area (Å²) in [6.07, 6.45) is 8.40. The van der Waals surface area contributed by atoms with Crippen molar-refractivity contribution < 1.29 is 4.42 Å². The summed E-state index contributed by atoms with van der Waals surface area (Å²) in [5.74, 6) is 0. The van der Waals surface area contributed by atoms with Gasteiger partial charge in [0.1, 0.15) is 5.58 Å². The van der Waals surface area contributed by atoms with Crippen molar-refractivity contribution >= 4 is 27.6 Å². The van der Waals surface area contributed by atoms with Crippen LogP contribution < -0.4 is 4.90 Å². The Morgan fingerprint density at radius 1 is 0.920 bits per heavy atom. The topological polar surface area (TPSA) is 16.4 Å². The SMILES string of the molecule is Cc1ccc2c(oc3ccccc32)c1N1C(C)C23CCC1(CC2)CC3. The number of aryl methyl sites for hydroxylation is 1. The maximum atomic E-state index is 6.43. The van der Waals surface area contributed by atoms with Crippen molar-refractivity contribution in [3.8, 4) is 0 Å². The highest BCUT2D eigenvalue weighted by molar-refractivity contribution is 6.09. The van der Waals surface area contributed by atoms with Gasteiger partial charge < -0.3 is 9.32 Å². The molecule has 2 bridgehead atoms. The van der Waals surface area contributed by atoms with Gasteiger partial charge in [-0.15, -0.1) is 0 Å². The molecule has 3 saturated heterocycles. The van der Waals surface area contributed by atoms with Gasteiger partial charge in [0, 0.05) is 22.4 Å². The number of rotatable bonds is 1. The first kappa shape index (κ1) is 14.2. The smallest absolute Gasteiger partial charge is 0.158 e. The van der Waals surface area contributed by atoms with Gasteiger partial charge in [-0.3, -0.25) is 0 Å². The molecule has 1 unspecified atom stereocenters. The predicted octanol–water partition coefficient (Wildman–Crippen LogP) is 6.20. The molecule has 3 saturated carbocycles. The van der Waals surface area contributed by atoms with Gasteiger partial charge in [0.15, 0.2) is 5.58 Å². The molecule has 3 aromatic rings. The first-order valence-electron chi connectivity index (χ1n) is 9.84. The number of fused-ring (bicyclic) bond motifs is 3. The van der Waals surface area contributed by atoms with Gasteiger partial charge in [-0.25, -0.2) is 0 Å². The summed E-state index contributed by atoms with van der Waals surface area (Å²) in [5, 5.41) is 2.52. The second-order valence-corrected chi connectivity index (χ2v) is 8.84. The number of furan rings is 1. The average Bonchev–Trinajstić information content (AvgIpc) is 3.03. The lowest BCUT2D eigenvalue weighted by atomic mass is 9.49. The quantitative estimate of drug-likeness (QED) is 0.528. The van der Waals surface area contributed by atoms with E-state index in [4.69, 9.17) is 4.42 Å². The number of hydrogen-bond acceptors (Lipinski definition) is 2. The monoisotopic (exact) mass is 331 g/mol. The third kappa shape index (κ3) is 1.57. The third-order valence-corrected chi connectivity index (χ3v) is 8.01. The van der Waals surface area contributed by atoms with Crippen LogP contribution in [0.15, 0.2) is 40.8 Å². The largest absolute Gasteiger partial charge is 0.454 e. The van der Waals surface area contributed by atoms with Crippen LogP contribution in [0.3, 0.4) is 0 Å². The van der Waals surface area contributed by atoms with E-state index >= 15 is 0 Å². The van der Waals surface area contributed by atoms with Crippen LogP contribution in [0.4, 0.5) is 5.69 Å². The van der Waals surface area contributed by atoms with E-state index in [0.29, 0.717) is 17.0 Å². The molecule has 0 amide bonds.